The Hall–Kier alpha value is -1.40. The van der Waals surface area contributed by atoms with Crippen LogP contribution < -0.4 is 0 Å². The molecule has 4 atom stereocenters. The second-order valence-electron chi connectivity index (χ2n) is 11.1. The molecule has 0 fully saturated rings. The zero-order valence-electron chi connectivity index (χ0n) is 24.8. The molecule has 13 heteroatoms. The molecule has 49 heavy (non-hydrogen) atoms. The van der Waals surface area contributed by atoms with Crippen molar-refractivity contribution in [3.8, 4) is 0 Å². The predicted octanol–water partition coefficient (Wildman–Crippen LogP) is 14.4. The monoisotopic (exact) mass is 848 g/mol. The van der Waals surface area contributed by atoms with Crippen LogP contribution in [-0.2, 0) is 23.4 Å². The molecule has 0 amide bonds. The van der Waals surface area contributed by atoms with E-state index in [0.29, 0.717) is 53.5 Å². The fourth-order valence-electron chi connectivity index (χ4n) is 5.75. The van der Waals surface area contributed by atoms with Crippen molar-refractivity contribution in [1.82, 2.24) is 0 Å². The average Bonchev–Trinajstić information content (AvgIpc) is 3.05. The summed E-state index contributed by atoms with van der Waals surface area (Å²) in [5, 5.41) is 1.61. The van der Waals surface area contributed by atoms with Crippen LogP contribution in [0.2, 0.25) is 20.1 Å². The molecule has 2 aliphatic rings. The van der Waals surface area contributed by atoms with Gasteiger partial charge in [-0.3, -0.25) is 9.05 Å². The van der Waals surface area contributed by atoms with E-state index in [1.807, 2.05) is 24.3 Å². The molecule has 0 radical (unpaired) electrons. The van der Waals surface area contributed by atoms with Crippen LogP contribution in [0.15, 0.2) is 131 Å². The Morgan fingerprint density at radius 1 is 0.510 bits per heavy atom. The van der Waals surface area contributed by atoms with Gasteiger partial charge in [0.15, 0.2) is 0 Å². The van der Waals surface area contributed by atoms with E-state index in [1.165, 1.54) is 0 Å². The number of benzene rings is 4. The highest BCUT2D eigenvalue weighted by molar-refractivity contribution is 7.81. The maximum absolute atomic E-state index is 14.3. The molecule has 6 rings (SSSR count). The summed E-state index contributed by atoms with van der Waals surface area (Å²) in [6, 6.07) is 28.0. The van der Waals surface area contributed by atoms with Gasteiger partial charge in [-0.1, -0.05) is 142 Å². The second kappa shape index (κ2) is 14.9. The van der Waals surface area contributed by atoms with Crippen molar-refractivity contribution in [3.05, 3.63) is 174 Å². The molecular formula is C36H22Cl9O3P. The second-order valence-corrected chi connectivity index (χ2v) is 17.4. The van der Waals surface area contributed by atoms with E-state index in [2.05, 4.69) is 0 Å². The quantitative estimate of drug-likeness (QED) is 0.131. The Morgan fingerprint density at radius 3 is 1.18 bits per heavy atom. The first-order valence-corrected chi connectivity index (χ1v) is 19.9. The van der Waals surface area contributed by atoms with Gasteiger partial charge in [-0.2, -0.15) is 0 Å². The number of hydrogen-bond donors (Lipinski definition) is 0. The van der Waals surface area contributed by atoms with Gasteiger partial charge in [-0.15, -0.1) is 23.2 Å². The maximum atomic E-state index is 14.3. The van der Waals surface area contributed by atoms with Crippen molar-refractivity contribution in [2.75, 3.05) is 0 Å². The number of halogens is 9. The minimum Gasteiger partial charge on any atom is -0.285 e. The van der Waals surface area contributed by atoms with Gasteiger partial charge in [0.2, 0.25) is 0 Å². The zero-order valence-corrected chi connectivity index (χ0v) is 32.5. The number of alkyl halides is 2. The van der Waals surface area contributed by atoms with Crippen molar-refractivity contribution in [2.24, 2.45) is 0 Å². The molecule has 0 bridgehead atoms. The first kappa shape index (κ1) is 37.4. The van der Waals surface area contributed by atoms with Gasteiger partial charge in [-0.05, 0) is 70.8 Å². The van der Waals surface area contributed by atoms with E-state index in [9.17, 15) is 4.57 Å². The van der Waals surface area contributed by atoms with E-state index in [-0.39, 0.29) is 10.1 Å². The van der Waals surface area contributed by atoms with Gasteiger partial charge in [0, 0.05) is 42.5 Å². The lowest BCUT2D eigenvalue weighted by Gasteiger charge is -2.40. The lowest BCUT2D eigenvalue weighted by Crippen LogP contribution is -2.39. The molecule has 0 N–H and O–H groups in total. The number of allylic oxidation sites excluding steroid dienone is 4. The molecule has 0 heterocycles. The molecule has 0 saturated heterocycles. The van der Waals surface area contributed by atoms with Crippen LogP contribution in [-0.4, -0.2) is 12.2 Å². The van der Waals surface area contributed by atoms with Gasteiger partial charge < -0.3 is 0 Å². The summed E-state index contributed by atoms with van der Waals surface area (Å²) in [6.07, 6.45) is 3.82. The number of hydrogen-bond acceptors (Lipinski definition) is 3. The summed E-state index contributed by atoms with van der Waals surface area (Å²) >= 11 is 61.7. The topological polar surface area (TPSA) is 35.5 Å². The van der Waals surface area contributed by atoms with E-state index in [4.69, 9.17) is 113 Å². The van der Waals surface area contributed by atoms with Crippen molar-refractivity contribution in [1.29, 1.82) is 0 Å². The minimum atomic E-state index is -4.68. The van der Waals surface area contributed by atoms with Crippen LogP contribution in [0.1, 0.15) is 22.3 Å². The summed E-state index contributed by atoms with van der Waals surface area (Å²) in [6.45, 7) is -4.68. The molecule has 0 aliphatic heterocycles. The van der Waals surface area contributed by atoms with Crippen LogP contribution in [0, 0.1) is 0 Å². The normalized spacial score (nSPS) is 25.1. The Kier molecular flexibility index (Phi) is 11.4. The third kappa shape index (κ3) is 7.58. The predicted molar refractivity (Wildman–Crippen MR) is 208 cm³/mol. The van der Waals surface area contributed by atoms with Gasteiger partial charge in [0.05, 0.1) is 10.1 Å². The first-order chi connectivity index (χ1) is 23.2. The highest BCUT2D eigenvalue weighted by Crippen LogP contribution is 2.64. The molecule has 4 aromatic carbocycles. The summed E-state index contributed by atoms with van der Waals surface area (Å²) < 4.78 is 26.5. The largest absolute Gasteiger partial charge is 0.425 e. The van der Waals surface area contributed by atoms with Gasteiger partial charge in [0.1, 0.15) is 22.0 Å². The highest BCUT2D eigenvalue weighted by atomic mass is 35.7. The third-order valence-electron chi connectivity index (χ3n) is 7.99. The Morgan fingerprint density at radius 2 is 0.837 bits per heavy atom. The van der Waals surface area contributed by atoms with Crippen LogP contribution in [0.3, 0.4) is 0 Å². The lowest BCUT2D eigenvalue weighted by atomic mass is 9.84. The highest BCUT2D eigenvalue weighted by Gasteiger charge is 2.51. The Labute approximate surface area is 328 Å². The standard InChI is InChI=1S/C36H22Cl9O3P/c37-27-13-5-1-9-23(27)21-17-31(41)33(35(43,19-21)25-11-3-7-15-29(25)39)47-49(45,46)48-34-32(42)18-22(24-10-2-6-14-28(24)38)20-36(34,44)26-12-4-8-16-30(26)40/h1-20,33-34H. The van der Waals surface area contributed by atoms with Crippen LogP contribution in [0.5, 0.6) is 0 Å². The first-order valence-electron chi connectivity index (χ1n) is 14.5. The summed E-state index contributed by atoms with van der Waals surface area (Å²) in [4.78, 5) is -3.28. The lowest BCUT2D eigenvalue weighted by molar-refractivity contribution is 0.131. The molecule has 252 valence electrons. The average molecular weight is 853 g/mol. The number of rotatable bonds is 8. The Bertz CT molecular complexity index is 1970. The van der Waals surface area contributed by atoms with Crippen LogP contribution in [0.25, 0.3) is 11.1 Å². The zero-order chi connectivity index (χ0) is 35.1. The molecule has 2 aliphatic carbocycles. The van der Waals surface area contributed by atoms with Gasteiger partial charge >= 0.3 is 6.95 Å². The molecule has 0 aromatic heterocycles. The van der Waals surface area contributed by atoms with E-state index < -0.39 is 28.9 Å². The molecule has 3 nitrogen and oxygen atoms in total. The molecule has 4 aromatic rings. The van der Waals surface area contributed by atoms with E-state index >= 15 is 0 Å². The van der Waals surface area contributed by atoms with Gasteiger partial charge in [0.25, 0.3) is 0 Å². The van der Waals surface area contributed by atoms with E-state index in [0.717, 1.165) is 0 Å². The van der Waals surface area contributed by atoms with Crippen molar-refractivity contribution >= 4 is 122 Å². The minimum absolute atomic E-state index is 0.0474. The fraction of sp³-hybridized carbons (Fsp3) is 0.111. The maximum Gasteiger partial charge on any atom is 0.425 e. The van der Waals surface area contributed by atoms with Crippen molar-refractivity contribution in [2.45, 2.75) is 22.0 Å². The van der Waals surface area contributed by atoms with Crippen LogP contribution in [0.4, 0.5) is 0 Å². The van der Waals surface area contributed by atoms with Crippen molar-refractivity contribution in [3.63, 3.8) is 0 Å². The summed E-state index contributed by atoms with van der Waals surface area (Å²) in [5.74, 6) is 0. The third-order valence-corrected chi connectivity index (χ3v) is 12.3. The summed E-state index contributed by atoms with van der Waals surface area (Å²) in [7, 11) is 0. The van der Waals surface area contributed by atoms with E-state index in [1.54, 1.807) is 97.1 Å². The molecule has 4 unspecified atom stereocenters. The fourth-order valence-corrected chi connectivity index (χ4v) is 10.4. The molecule has 0 spiro atoms. The summed E-state index contributed by atoms with van der Waals surface area (Å²) in [5.41, 5.74) is 3.25. The van der Waals surface area contributed by atoms with Crippen LogP contribution >= 0.6 is 111 Å². The van der Waals surface area contributed by atoms with Gasteiger partial charge in [-0.25, -0.2) is 4.57 Å². The van der Waals surface area contributed by atoms with Crippen molar-refractivity contribution < 1.29 is 13.6 Å². The SMILES string of the molecule is O=P(Cl)(OC1C(Cl)=CC(c2ccccc2Cl)=CC1(Cl)c1ccccc1Cl)OC1C(Cl)=CC(c2ccccc2Cl)=CC1(Cl)c1ccccc1Cl. The molecule has 0 saturated carbocycles. The Balaban J connectivity index is 1.42. The molecular weight excluding hydrogens is 830 g/mol. The smallest absolute Gasteiger partial charge is 0.285 e.